The zero-order valence-corrected chi connectivity index (χ0v) is 12.5. The van der Waals surface area contributed by atoms with Crippen molar-refractivity contribution in [3.8, 4) is 0 Å². The van der Waals surface area contributed by atoms with Gasteiger partial charge in [0, 0.05) is 37.7 Å². The van der Waals surface area contributed by atoms with Gasteiger partial charge in [-0.15, -0.1) is 0 Å². The second kappa shape index (κ2) is 5.83. The van der Waals surface area contributed by atoms with E-state index in [0.29, 0.717) is 19.5 Å². The summed E-state index contributed by atoms with van der Waals surface area (Å²) in [6, 6.07) is 8.15. The van der Waals surface area contributed by atoms with Crippen LogP contribution in [0.25, 0.3) is 0 Å². The number of likely N-dealkylation sites (N-methyl/N-ethyl adjacent to an activating group) is 1. The second-order valence-electron chi connectivity index (χ2n) is 6.09. The maximum atomic E-state index is 12.4. The summed E-state index contributed by atoms with van der Waals surface area (Å²) in [7, 11) is 0. The van der Waals surface area contributed by atoms with Gasteiger partial charge in [0.1, 0.15) is 0 Å². The number of nitrogens with zero attached hydrogens (tertiary/aromatic N) is 1. The molecule has 1 aliphatic heterocycles. The number of nitrogens with one attached hydrogen (secondary N) is 1. The molecule has 1 aromatic carbocycles. The first-order valence-corrected chi connectivity index (χ1v) is 7.23. The Bertz CT molecular complexity index is 480. The molecule has 1 unspecified atom stereocenters. The number of amides is 1. The Balaban J connectivity index is 2.01. The predicted molar refractivity (Wildman–Crippen MR) is 80.8 cm³/mol. The summed E-state index contributed by atoms with van der Waals surface area (Å²) in [5.74, 6) is 0.340. The highest BCUT2D eigenvalue weighted by molar-refractivity contribution is 5.78. The van der Waals surface area contributed by atoms with E-state index in [9.17, 15) is 9.90 Å². The molecule has 20 heavy (non-hydrogen) atoms. The molecule has 0 radical (unpaired) electrons. The number of carbonyl (C=O) groups is 1. The maximum Gasteiger partial charge on any atom is 0.223 e. The summed E-state index contributed by atoms with van der Waals surface area (Å²) in [5, 5.41) is 13.2. The molecule has 1 aromatic rings. The smallest absolute Gasteiger partial charge is 0.223 e. The number of benzene rings is 1. The molecule has 0 fully saturated rings. The predicted octanol–water partition coefficient (Wildman–Crippen LogP) is 2.21. The van der Waals surface area contributed by atoms with Gasteiger partial charge in [-0.3, -0.25) is 4.79 Å². The average Bonchev–Trinajstić information content (AvgIpc) is 2.78. The van der Waals surface area contributed by atoms with Crippen molar-refractivity contribution in [2.24, 2.45) is 0 Å². The molecule has 4 heteroatoms. The Labute approximate surface area is 120 Å². The molecular formula is C16H24N2O2. The Morgan fingerprint density at radius 1 is 1.45 bits per heavy atom. The van der Waals surface area contributed by atoms with E-state index in [1.165, 1.54) is 5.56 Å². The lowest BCUT2D eigenvalue weighted by Crippen LogP contribution is -2.42. The zero-order chi connectivity index (χ0) is 14.8. The minimum atomic E-state index is -0.850. The van der Waals surface area contributed by atoms with Crippen molar-refractivity contribution < 1.29 is 9.90 Å². The van der Waals surface area contributed by atoms with Gasteiger partial charge < -0.3 is 15.3 Å². The van der Waals surface area contributed by atoms with Crippen LogP contribution >= 0.6 is 0 Å². The van der Waals surface area contributed by atoms with Gasteiger partial charge in [-0.25, -0.2) is 0 Å². The van der Waals surface area contributed by atoms with Crippen LogP contribution in [0.15, 0.2) is 24.3 Å². The molecule has 1 aliphatic rings. The van der Waals surface area contributed by atoms with Crippen molar-refractivity contribution in [2.45, 2.75) is 38.7 Å². The standard InChI is InChI=1S/C16H24N2O2/c1-4-18(11-16(2,3)20)15(19)9-12-10-17-14-8-6-5-7-13(12)14/h5-8,12,17,20H,4,9-11H2,1-3H3. The number of hydrogen-bond donors (Lipinski definition) is 2. The first-order valence-electron chi connectivity index (χ1n) is 7.23. The Kier molecular flexibility index (Phi) is 4.33. The van der Waals surface area contributed by atoms with Gasteiger partial charge in [-0.05, 0) is 32.4 Å². The van der Waals surface area contributed by atoms with Crippen LogP contribution in [0.5, 0.6) is 0 Å². The number of fused-ring (bicyclic) bond motifs is 1. The van der Waals surface area contributed by atoms with Crippen LogP contribution in [0, 0.1) is 0 Å². The number of aliphatic hydroxyl groups is 1. The van der Waals surface area contributed by atoms with Gasteiger partial charge in [0.25, 0.3) is 0 Å². The van der Waals surface area contributed by atoms with Crippen LogP contribution in [0.1, 0.15) is 38.7 Å². The lowest BCUT2D eigenvalue weighted by molar-refractivity contribution is -0.134. The fraction of sp³-hybridized carbons (Fsp3) is 0.562. The summed E-state index contributed by atoms with van der Waals surface area (Å²) in [6.45, 7) is 7.23. The van der Waals surface area contributed by atoms with Crippen molar-refractivity contribution in [3.63, 3.8) is 0 Å². The molecule has 0 saturated carbocycles. The molecule has 0 aliphatic carbocycles. The monoisotopic (exact) mass is 276 g/mol. The third-order valence-electron chi connectivity index (χ3n) is 3.67. The minimum Gasteiger partial charge on any atom is -0.389 e. The largest absolute Gasteiger partial charge is 0.389 e. The van der Waals surface area contributed by atoms with Crippen LogP contribution in [0.2, 0.25) is 0 Å². The van der Waals surface area contributed by atoms with Crippen molar-refractivity contribution in [1.82, 2.24) is 4.90 Å². The van der Waals surface area contributed by atoms with E-state index in [1.54, 1.807) is 18.7 Å². The Morgan fingerprint density at radius 3 is 2.80 bits per heavy atom. The van der Waals surface area contributed by atoms with Crippen LogP contribution in [0.3, 0.4) is 0 Å². The number of para-hydroxylation sites is 1. The SMILES string of the molecule is CCN(CC(C)(C)O)C(=O)CC1CNc2ccccc21. The first kappa shape index (κ1) is 14.9. The van der Waals surface area contributed by atoms with Crippen molar-refractivity contribution in [2.75, 3.05) is 25.0 Å². The summed E-state index contributed by atoms with van der Waals surface area (Å²) in [4.78, 5) is 14.1. The summed E-state index contributed by atoms with van der Waals surface area (Å²) >= 11 is 0. The van der Waals surface area contributed by atoms with Crippen molar-refractivity contribution in [3.05, 3.63) is 29.8 Å². The zero-order valence-electron chi connectivity index (χ0n) is 12.5. The van der Waals surface area contributed by atoms with Gasteiger partial charge >= 0.3 is 0 Å². The van der Waals surface area contributed by atoms with E-state index in [1.807, 2.05) is 25.1 Å². The second-order valence-corrected chi connectivity index (χ2v) is 6.09. The Morgan fingerprint density at radius 2 is 2.15 bits per heavy atom. The summed E-state index contributed by atoms with van der Waals surface area (Å²) in [5.41, 5.74) is 1.51. The molecular weight excluding hydrogens is 252 g/mol. The molecule has 0 spiro atoms. The van der Waals surface area contributed by atoms with Crippen molar-refractivity contribution in [1.29, 1.82) is 0 Å². The third-order valence-corrected chi connectivity index (χ3v) is 3.67. The van der Waals surface area contributed by atoms with E-state index < -0.39 is 5.60 Å². The van der Waals surface area contributed by atoms with E-state index >= 15 is 0 Å². The molecule has 2 N–H and O–H groups in total. The van der Waals surface area contributed by atoms with Crippen LogP contribution in [0.4, 0.5) is 5.69 Å². The minimum absolute atomic E-state index is 0.109. The first-order chi connectivity index (χ1) is 9.40. The lowest BCUT2D eigenvalue weighted by Gasteiger charge is -2.29. The fourth-order valence-corrected chi connectivity index (χ4v) is 2.72. The van der Waals surface area contributed by atoms with Crippen LogP contribution in [-0.4, -0.2) is 41.1 Å². The van der Waals surface area contributed by atoms with Crippen molar-refractivity contribution >= 4 is 11.6 Å². The van der Waals surface area contributed by atoms with E-state index in [4.69, 9.17) is 0 Å². The van der Waals surface area contributed by atoms with Gasteiger partial charge in [0.15, 0.2) is 0 Å². The van der Waals surface area contributed by atoms with E-state index in [-0.39, 0.29) is 11.8 Å². The average molecular weight is 276 g/mol. The van der Waals surface area contributed by atoms with Gasteiger partial charge in [-0.2, -0.15) is 0 Å². The van der Waals surface area contributed by atoms with Gasteiger partial charge in [0.2, 0.25) is 5.91 Å². The molecule has 0 bridgehead atoms. The van der Waals surface area contributed by atoms with Gasteiger partial charge in [0.05, 0.1) is 5.60 Å². The topological polar surface area (TPSA) is 52.6 Å². The number of carbonyl (C=O) groups excluding carboxylic acids is 1. The number of hydrogen-bond acceptors (Lipinski definition) is 3. The van der Waals surface area contributed by atoms with Gasteiger partial charge in [-0.1, -0.05) is 18.2 Å². The van der Waals surface area contributed by atoms with Crippen LogP contribution in [-0.2, 0) is 4.79 Å². The normalized spacial score (nSPS) is 17.5. The van der Waals surface area contributed by atoms with E-state index in [2.05, 4.69) is 11.4 Å². The van der Waals surface area contributed by atoms with E-state index in [0.717, 1.165) is 12.2 Å². The highest BCUT2D eigenvalue weighted by atomic mass is 16.3. The molecule has 110 valence electrons. The molecule has 2 rings (SSSR count). The lowest BCUT2D eigenvalue weighted by atomic mass is 9.97. The van der Waals surface area contributed by atoms with Crippen LogP contribution < -0.4 is 5.32 Å². The fourth-order valence-electron chi connectivity index (χ4n) is 2.72. The molecule has 4 nitrogen and oxygen atoms in total. The third kappa shape index (κ3) is 3.51. The number of rotatable bonds is 5. The molecule has 1 heterocycles. The molecule has 1 atom stereocenters. The summed E-state index contributed by atoms with van der Waals surface area (Å²) in [6.07, 6.45) is 0.494. The molecule has 0 saturated heterocycles. The highest BCUT2D eigenvalue weighted by Gasteiger charge is 2.27. The molecule has 1 amide bonds. The maximum absolute atomic E-state index is 12.4. The highest BCUT2D eigenvalue weighted by Crippen LogP contribution is 2.33. The number of anilines is 1. The summed E-state index contributed by atoms with van der Waals surface area (Å²) < 4.78 is 0. The Hall–Kier alpha value is -1.55. The quantitative estimate of drug-likeness (QED) is 0.867. The molecule has 0 aromatic heterocycles.